The lowest BCUT2D eigenvalue weighted by Crippen LogP contribution is -2.22. The summed E-state index contributed by atoms with van der Waals surface area (Å²) in [5.41, 5.74) is 2.17. The van der Waals surface area contributed by atoms with Crippen molar-refractivity contribution < 1.29 is 9.90 Å². The first-order chi connectivity index (χ1) is 9.60. The smallest absolute Gasteiger partial charge is 0.251 e. The summed E-state index contributed by atoms with van der Waals surface area (Å²) < 4.78 is 1.86. The molecule has 0 aliphatic rings. The van der Waals surface area contributed by atoms with Crippen LogP contribution in [0.15, 0.2) is 30.6 Å². The van der Waals surface area contributed by atoms with E-state index in [9.17, 15) is 9.90 Å². The SMILES string of the molecule is CCCn1cc(CNC(=O)c2ccc(C)c(O)c2)cn1. The second kappa shape index (κ2) is 6.23. The second-order valence-electron chi connectivity index (χ2n) is 4.80. The molecule has 0 aliphatic carbocycles. The summed E-state index contributed by atoms with van der Waals surface area (Å²) >= 11 is 0. The van der Waals surface area contributed by atoms with Gasteiger partial charge in [0, 0.05) is 30.4 Å². The molecule has 0 bridgehead atoms. The van der Waals surface area contributed by atoms with Crippen molar-refractivity contribution in [2.75, 3.05) is 0 Å². The molecule has 0 radical (unpaired) electrons. The van der Waals surface area contributed by atoms with Gasteiger partial charge in [0.05, 0.1) is 6.20 Å². The molecule has 1 aromatic heterocycles. The highest BCUT2D eigenvalue weighted by Gasteiger charge is 2.08. The molecule has 20 heavy (non-hydrogen) atoms. The van der Waals surface area contributed by atoms with Crippen LogP contribution < -0.4 is 5.32 Å². The van der Waals surface area contributed by atoms with Crippen molar-refractivity contribution in [2.45, 2.75) is 33.4 Å². The second-order valence-corrected chi connectivity index (χ2v) is 4.80. The molecule has 2 rings (SSSR count). The Kier molecular flexibility index (Phi) is 4.40. The summed E-state index contributed by atoms with van der Waals surface area (Å²) in [4.78, 5) is 12.0. The molecule has 0 saturated carbocycles. The molecule has 106 valence electrons. The van der Waals surface area contributed by atoms with Crippen LogP contribution in [-0.2, 0) is 13.1 Å². The lowest BCUT2D eigenvalue weighted by Gasteiger charge is -2.05. The van der Waals surface area contributed by atoms with E-state index in [-0.39, 0.29) is 11.7 Å². The number of phenols is 1. The molecule has 1 amide bonds. The van der Waals surface area contributed by atoms with E-state index in [1.807, 2.05) is 10.9 Å². The van der Waals surface area contributed by atoms with E-state index >= 15 is 0 Å². The van der Waals surface area contributed by atoms with Crippen LogP contribution in [-0.4, -0.2) is 20.8 Å². The summed E-state index contributed by atoms with van der Waals surface area (Å²) in [5.74, 6) is -0.0723. The van der Waals surface area contributed by atoms with Crippen LogP contribution in [0.5, 0.6) is 5.75 Å². The predicted molar refractivity (Wildman–Crippen MR) is 76.5 cm³/mol. The number of hydrogen-bond acceptors (Lipinski definition) is 3. The maximum absolute atomic E-state index is 12.0. The van der Waals surface area contributed by atoms with E-state index < -0.39 is 0 Å². The van der Waals surface area contributed by atoms with Crippen molar-refractivity contribution in [3.63, 3.8) is 0 Å². The van der Waals surface area contributed by atoms with E-state index in [1.165, 1.54) is 6.07 Å². The Bertz CT molecular complexity index is 605. The van der Waals surface area contributed by atoms with Crippen LogP contribution in [0.4, 0.5) is 0 Å². The number of carbonyl (C=O) groups is 1. The molecule has 0 spiro atoms. The maximum atomic E-state index is 12.0. The number of phenolic OH excluding ortho intramolecular Hbond substituents is 1. The fourth-order valence-corrected chi connectivity index (χ4v) is 1.88. The molecule has 0 atom stereocenters. The molecule has 0 unspecified atom stereocenters. The lowest BCUT2D eigenvalue weighted by molar-refractivity contribution is 0.0950. The van der Waals surface area contributed by atoms with E-state index in [2.05, 4.69) is 17.3 Å². The number of aryl methyl sites for hydroxylation is 2. The van der Waals surface area contributed by atoms with Crippen molar-refractivity contribution in [3.8, 4) is 5.75 Å². The topological polar surface area (TPSA) is 67.2 Å². The van der Waals surface area contributed by atoms with Crippen LogP contribution in [0.1, 0.15) is 34.8 Å². The van der Waals surface area contributed by atoms with E-state index in [4.69, 9.17) is 0 Å². The van der Waals surface area contributed by atoms with Gasteiger partial charge in [-0.15, -0.1) is 0 Å². The zero-order valence-corrected chi connectivity index (χ0v) is 11.8. The number of benzene rings is 1. The largest absolute Gasteiger partial charge is 0.508 e. The van der Waals surface area contributed by atoms with E-state index in [0.717, 1.165) is 24.1 Å². The summed E-state index contributed by atoms with van der Waals surface area (Å²) in [6.45, 7) is 5.18. The minimum atomic E-state index is -0.205. The van der Waals surface area contributed by atoms with Gasteiger partial charge in [0.1, 0.15) is 5.75 Å². The Morgan fingerprint density at radius 2 is 2.25 bits per heavy atom. The Morgan fingerprint density at radius 1 is 1.45 bits per heavy atom. The van der Waals surface area contributed by atoms with Gasteiger partial charge >= 0.3 is 0 Å². The van der Waals surface area contributed by atoms with Gasteiger partial charge in [-0.3, -0.25) is 9.48 Å². The first-order valence-corrected chi connectivity index (χ1v) is 6.69. The van der Waals surface area contributed by atoms with Crippen LogP contribution in [0.3, 0.4) is 0 Å². The van der Waals surface area contributed by atoms with E-state index in [0.29, 0.717) is 12.1 Å². The molecular weight excluding hydrogens is 254 g/mol. The number of carbonyl (C=O) groups excluding carboxylic acids is 1. The van der Waals surface area contributed by atoms with Gasteiger partial charge in [-0.05, 0) is 31.0 Å². The van der Waals surface area contributed by atoms with Gasteiger partial charge in [-0.1, -0.05) is 13.0 Å². The Morgan fingerprint density at radius 3 is 2.95 bits per heavy atom. The van der Waals surface area contributed by atoms with Gasteiger partial charge < -0.3 is 10.4 Å². The highest BCUT2D eigenvalue weighted by atomic mass is 16.3. The van der Waals surface area contributed by atoms with Gasteiger partial charge in [-0.2, -0.15) is 5.10 Å². The average molecular weight is 273 g/mol. The van der Waals surface area contributed by atoms with Crippen LogP contribution >= 0.6 is 0 Å². The molecule has 2 aromatic rings. The lowest BCUT2D eigenvalue weighted by atomic mass is 10.1. The maximum Gasteiger partial charge on any atom is 0.251 e. The summed E-state index contributed by atoms with van der Waals surface area (Å²) in [6.07, 6.45) is 4.70. The van der Waals surface area contributed by atoms with Crippen LogP contribution in [0, 0.1) is 6.92 Å². The summed E-state index contributed by atoms with van der Waals surface area (Å²) in [7, 11) is 0. The number of amides is 1. The summed E-state index contributed by atoms with van der Waals surface area (Å²) in [6, 6.07) is 4.90. The standard InChI is InChI=1S/C15H19N3O2/c1-3-6-18-10-12(9-17-18)8-16-15(20)13-5-4-11(2)14(19)7-13/h4-5,7,9-10,19H,3,6,8H2,1-2H3,(H,16,20). The summed E-state index contributed by atoms with van der Waals surface area (Å²) in [5, 5.41) is 16.6. The molecule has 5 heteroatoms. The van der Waals surface area contributed by atoms with Crippen LogP contribution in [0.25, 0.3) is 0 Å². The Balaban J connectivity index is 1.95. The Labute approximate surface area is 118 Å². The van der Waals surface area contributed by atoms with Gasteiger partial charge in [0.2, 0.25) is 0 Å². The number of aromatic hydroxyl groups is 1. The van der Waals surface area contributed by atoms with Gasteiger partial charge in [0.15, 0.2) is 0 Å². The third-order valence-corrected chi connectivity index (χ3v) is 3.06. The first-order valence-electron chi connectivity index (χ1n) is 6.69. The number of hydrogen-bond donors (Lipinski definition) is 2. The van der Waals surface area contributed by atoms with Crippen molar-refractivity contribution in [1.29, 1.82) is 0 Å². The Hall–Kier alpha value is -2.30. The van der Waals surface area contributed by atoms with Gasteiger partial charge in [0.25, 0.3) is 5.91 Å². The van der Waals surface area contributed by atoms with Crippen molar-refractivity contribution in [2.24, 2.45) is 0 Å². The number of aromatic nitrogens is 2. The molecule has 0 saturated heterocycles. The fraction of sp³-hybridized carbons (Fsp3) is 0.333. The fourth-order valence-electron chi connectivity index (χ4n) is 1.88. The normalized spacial score (nSPS) is 10.5. The van der Waals surface area contributed by atoms with Crippen molar-refractivity contribution >= 4 is 5.91 Å². The molecule has 5 nitrogen and oxygen atoms in total. The molecule has 1 heterocycles. The molecule has 1 aromatic carbocycles. The quantitative estimate of drug-likeness (QED) is 0.878. The predicted octanol–water partition coefficient (Wildman–Crippen LogP) is 2.24. The molecule has 0 aliphatic heterocycles. The number of nitrogens with one attached hydrogen (secondary N) is 1. The zero-order valence-electron chi connectivity index (χ0n) is 11.8. The zero-order chi connectivity index (χ0) is 14.5. The van der Waals surface area contributed by atoms with Crippen molar-refractivity contribution in [1.82, 2.24) is 15.1 Å². The minimum absolute atomic E-state index is 0.133. The average Bonchev–Trinajstić information content (AvgIpc) is 2.87. The third kappa shape index (κ3) is 3.38. The number of nitrogens with zero attached hydrogens (tertiary/aromatic N) is 2. The molecule has 0 fully saturated rings. The minimum Gasteiger partial charge on any atom is -0.508 e. The molecular formula is C15H19N3O2. The highest BCUT2D eigenvalue weighted by molar-refractivity contribution is 5.94. The first kappa shape index (κ1) is 14.1. The van der Waals surface area contributed by atoms with Crippen molar-refractivity contribution in [3.05, 3.63) is 47.3 Å². The highest BCUT2D eigenvalue weighted by Crippen LogP contribution is 2.17. The van der Waals surface area contributed by atoms with Gasteiger partial charge in [-0.25, -0.2) is 0 Å². The van der Waals surface area contributed by atoms with Crippen LogP contribution in [0.2, 0.25) is 0 Å². The molecule has 2 N–H and O–H groups in total. The monoisotopic (exact) mass is 273 g/mol. The third-order valence-electron chi connectivity index (χ3n) is 3.06. The number of rotatable bonds is 5. The van der Waals surface area contributed by atoms with E-state index in [1.54, 1.807) is 25.3 Å².